The van der Waals surface area contributed by atoms with E-state index in [2.05, 4.69) is 0 Å². The van der Waals surface area contributed by atoms with E-state index < -0.39 is 52.8 Å². The molecule has 3 saturated carbocycles. The number of esters is 2. The van der Waals surface area contributed by atoms with E-state index in [1.165, 1.54) is 6.08 Å². The van der Waals surface area contributed by atoms with Gasteiger partial charge in [-0.3, -0.25) is 19.2 Å². The molecule has 3 fully saturated rings. The van der Waals surface area contributed by atoms with Gasteiger partial charge in [-0.25, -0.2) is 0 Å². The topological polar surface area (TPSA) is 147 Å². The van der Waals surface area contributed by atoms with Gasteiger partial charge in [0.1, 0.15) is 18.0 Å². The molecule has 38 heavy (non-hydrogen) atoms. The summed E-state index contributed by atoms with van der Waals surface area (Å²) in [5.41, 5.74) is -2.77. The summed E-state index contributed by atoms with van der Waals surface area (Å²) in [7, 11) is 0. The molecule has 0 bridgehead atoms. The molecule has 0 unspecified atom stereocenters. The number of allylic oxidation sites excluding steroid dienone is 3. The maximum absolute atomic E-state index is 12.8. The Labute approximate surface area is 223 Å². The number of unbranched alkanes of at least 4 members (excludes halogenated alkanes) is 1. The minimum atomic E-state index is -1.71. The lowest BCUT2D eigenvalue weighted by Crippen LogP contribution is -2.62. The third-order valence-corrected chi connectivity index (χ3v) is 9.91. The molecule has 0 aromatic carbocycles. The Bertz CT molecular complexity index is 1060. The van der Waals surface area contributed by atoms with E-state index >= 15 is 0 Å². The van der Waals surface area contributed by atoms with Gasteiger partial charge in [0.05, 0.1) is 31.0 Å². The van der Waals surface area contributed by atoms with Crippen molar-refractivity contribution in [1.29, 1.82) is 0 Å². The summed E-state index contributed by atoms with van der Waals surface area (Å²) >= 11 is 0. The molecule has 9 heteroatoms. The van der Waals surface area contributed by atoms with Crippen molar-refractivity contribution in [1.82, 2.24) is 0 Å². The van der Waals surface area contributed by atoms with E-state index in [-0.39, 0.29) is 49.1 Å². The zero-order valence-corrected chi connectivity index (χ0v) is 22.5. The normalized spacial score (nSPS) is 37.8. The minimum Gasteiger partial charge on any atom is -0.466 e. The molecule has 0 radical (unpaired) electrons. The molecule has 3 N–H and O–H groups in total. The molecular formula is C29H40O9. The predicted molar refractivity (Wildman–Crippen MR) is 135 cm³/mol. The molecule has 4 rings (SSSR count). The van der Waals surface area contributed by atoms with Gasteiger partial charge in [-0.05, 0) is 63.4 Å². The summed E-state index contributed by atoms with van der Waals surface area (Å²) in [6.07, 6.45) is 5.34. The summed E-state index contributed by atoms with van der Waals surface area (Å²) < 4.78 is 10.8. The van der Waals surface area contributed by atoms with E-state index in [1.807, 2.05) is 20.8 Å². The number of carbonyl (C=O) groups excluding carboxylic acids is 4. The summed E-state index contributed by atoms with van der Waals surface area (Å²) in [5, 5.41) is 32.5. The number of rotatable bonds is 9. The highest BCUT2D eigenvalue weighted by molar-refractivity contribution is 6.02. The Morgan fingerprint density at radius 2 is 1.82 bits per heavy atom. The molecule has 9 nitrogen and oxygen atoms in total. The average Bonchev–Trinajstić information content (AvgIpc) is 3.14. The second kappa shape index (κ2) is 10.7. The molecule has 0 aromatic heterocycles. The maximum Gasteiger partial charge on any atom is 0.311 e. The Balaban J connectivity index is 1.57. The smallest absolute Gasteiger partial charge is 0.311 e. The van der Waals surface area contributed by atoms with Crippen molar-refractivity contribution in [2.24, 2.45) is 28.6 Å². The van der Waals surface area contributed by atoms with Gasteiger partial charge in [-0.2, -0.15) is 0 Å². The van der Waals surface area contributed by atoms with Crippen LogP contribution in [0, 0.1) is 28.6 Å². The summed E-state index contributed by atoms with van der Waals surface area (Å²) in [5.74, 6) is -2.49. The fourth-order valence-electron chi connectivity index (χ4n) is 7.91. The van der Waals surface area contributed by atoms with Gasteiger partial charge >= 0.3 is 11.9 Å². The molecule has 0 heterocycles. The van der Waals surface area contributed by atoms with Crippen LogP contribution < -0.4 is 0 Å². The van der Waals surface area contributed by atoms with Gasteiger partial charge < -0.3 is 24.8 Å². The fourth-order valence-corrected chi connectivity index (χ4v) is 7.91. The Hall–Kier alpha value is -2.36. The Morgan fingerprint density at radius 3 is 2.50 bits per heavy atom. The van der Waals surface area contributed by atoms with Crippen LogP contribution in [0.2, 0.25) is 0 Å². The first-order valence-electron chi connectivity index (χ1n) is 13.8. The number of hydrogen-bond acceptors (Lipinski definition) is 9. The van der Waals surface area contributed by atoms with Crippen LogP contribution in [0.25, 0.3) is 0 Å². The molecule has 0 saturated heterocycles. The molecule has 4 aliphatic rings. The van der Waals surface area contributed by atoms with Gasteiger partial charge in [-0.15, -0.1) is 0 Å². The number of fused-ring (bicyclic) bond motifs is 5. The predicted octanol–water partition coefficient (Wildman–Crippen LogP) is 2.55. The second-order valence-corrected chi connectivity index (χ2v) is 11.8. The quantitative estimate of drug-likeness (QED) is 0.301. The highest BCUT2D eigenvalue weighted by Crippen LogP contribution is 2.68. The standard InChI is InChI=1S/C29H40O9/c1-4-5-12-37-24(34)8-9-25(35)38-23-14-18(31)13-17-6-7-19-20-10-11-29(36,22(33)16-30)27(20,2)15-21(32)26(19)28(17,23)3/h13-14,19-21,26,30,32,36H,4-12,15-16H2,1-3H3/t19-,20-,21-,26+,27-,28+,29-/m0/s1. The first-order valence-corrected chi connectivity index (χ1v) is 13.8. The highest BCUT2D eigenvalue weighted by atomic mass is 16.5. The largest absolute Gasteiger partial charge is 0.466 e. The van der Waals surface area contributed by atoms with Gasteiger partial charge in [-0.1, -0.05) is 25.8 Å². The zero-order valence-electron chi connectivity index (χ0n) is 22.5. The van der Waals surface area contributed by atoms with Crippen LogP contribution in [-0.2, 0) is 28.7 Å². The molecule has 4 aliphatic carbocycles. The van der Waals surface area contributed by atoms with Crippen molar-refractivity contribution in [3.8, 4) is 0 Å². The van der Waals surface area contributed by atoms with Crippen LogP contribution in [0.4, 0.5) is 0 Å². The molecule has 7 atom stereocenters. The summed E-state index contributed by atoms with van der Waals surface area (Å²) in [6.45, 7) is 5.23. The number of Topliss-reactive ketones (excluding diaryl/α,β-unsaturated/α-hetero) is 1. The maximum atomic E-state index is 12.8. The minimum absolute atomic E-state index is 0.0951. The van der Waals surface area contributed by atoms with Crippen molar-refractivity contribution in [3.05, 3.63) is 23.5 Å². The van der Waals surface area contributed by atoms with Crippen LogP contribution in [0.3, 0.4) is 0 Å². The first kappa shape index (κ1) is 28.6. The first-order chi connectivity index (χ1) is 17.9. The highest BCUT2D eigenvalue weighted by Gasteiger charge is 2.69. The summed E-state index contributed by atoms with van der Waals surface area (Å²) in [6, 6.07) is 0. The van der Waals surface area contributed by atoms with Crippen LogP contribution in [-0.4, -0.2) is 63.7 Å². The van der Waals surface area contributed by atoms with Crippen LogP contribution in [0.1, 0.15) is 78.6 Å². The van der Waals surface area contributed by atoms with Gasteiger partial charge in [0.15, 0.2) is 11.6 Å². The van der Waals surface area contributed by atoms with E-state index in [0.29, 0.717) is 25.9 Å². The number of ketones is 2. The van der Waals surface area contributed by atoms with E-state index in [9.17, 15) is 34.5 Å². The van der Waals surface area contributed by atoms with Crippen molar-refractivity contribution in [2.45, 2.75) is 90.3 Å². The number of aliphatic hydroxyl groups excluding tert-OH is 2. The lowest BCUT2D eigenvalue weighted by Gasteiger charge is -2.60. The van der Waals surface area contributed by atoms with E-state index in [0.717, 1.165) is 18.4 Å². The van der Waals surface area contributed by atoms with Crippen molar-refractivity contribution >= 4 is 23.5 Å². The Kier molecular flexibility index (Phi) is 8.04. The average molecular weight is 533 g/mol. The molecule has 0 aromatic rings. The van der Waals surface area contributed by atoms with Crippen LogP contribution in [0.5, 0.6) is 0 Å². The van der Waals surface area contributed by atoms with Crippen molar-refractivity contribution < 1.29 is 44.0 Å². The number of carbonyl (C=O) groups is 4. The van der Waals surface area contributed by atoms with Gasteiger partial charge in [0, 0.05) is 17.4 Å². The number of ether oxygens (including phenoxy) is 2. The fraction of sp³-hybridized carbons (Fsp3) is 0.724. The number of hydrogen-bond donors (Lipinski definition) is 3. The van der Waals surface area contributed by atoms with Crippen molar-refractivity contribution in [3.63, 3.8) is 0 Å². The lowest BCUT2D eigenvalue weighted by molar-refractivity contribution is -0.182. The molecule has 0 aliphatic heterocycles. The Morgan fingerprint density at radius 1 is 1.11 bits per heavy atom. The van der Waals surface area contributed by atoms with Crippen LogP contribution in [0.15, 0.2) is 23.5 Å². The molecule has 210 valence electrons. The third kappa shape index (κ3) is 4.56. The van der Waals surface area contributed by atoms with E-state index in [4.69, 9.17) is 9.47 Å². The summed E-state index contributed by atoms with van der Waals surface area (Å²) in [4.78, 5) is 49.9. The van der Waals surface area contributed by atoms with E-state index in [1.54, 1.807) is 6.08 Å². The second-order valence-electron chi connectivity index (χ2n) is 11.8. The molecule has 0 spiro atoms. The van der Waals surface area contributed by atoms with Gasteiger partial charge in [0.25, 0.3) is 0 Å². The zero-order chi connectivity index (χ0) is 27.9. The SMILES string of the molecule is CCCCOC(=O)CCC(=O)OC1=CC(=O)C=C2CC[C@@H]3[C@H]([C@@H](O)C[C@@]4(C)[C@H]3CC[C@]4(O)C(=O)CO)[C@]21C. The van der Waals surface area contributed by atoms with Crippen LogP contribution >= 0.6 is 0 Å². The number of aliphatic hydroxyl groups is 3. The monoisotopic (exact) mass is 532 g/mol. The third-order valence-electron chi connectivity index (χ3n) is 9.91. The lowest BCUT2D eigenvalue weighted by atomic mass is 9.45. The van der Waals surface area contributed by atoms with Gasteiger partial charge in [0.2, 0.25) is 0 Å². The van der Waals surface area contributed by atoms with Crippen molar-refractivity contribution in [2.75, 3.05) is 13.2 Å². The molecular weight excluding hydrogens is 492 g/mol. The molecule has 0 amide bonds.